The number of aliphatic hydroxyl groups is 1. The third-order valence-electron chi connectivity index (χ3n) is 4.49. The number of halogens is 2. The lowest BCUT2D eigenvalue weighted by atomic mass is 9.98. The second-order valence-electron chi connectivity index (χ2n) is 7.57. The van der Waals surface area contributed by atoms with Gasteiger partial charge in [0.05, 0.1) is 6.42 Å². The number of carbonyl (C=O) groups is 2. The van der Waals surface area contributed by atoms with Crippen LogP contribution in [0.3, 0.4) is 0 Å². The van der Waals surface area contributed by atoms with Crippen LogP contribution in [0.4, 0.5) is 8.78 Å². The number of rotatable bonds is 9. The first-order valence-electron chi connectivity index (χ1n) is 9.48. The topological polar surface area (TPSA) is 88.5 Å². The second kappa shape index (κ2) is 9.75. The van der Waals surface area contributed by atoms with Crippen LogP contribution < -0.4 is 10.1 Å². The minimum Gasteiger partial charge on any atom is -0.487 e. The molecule has 30 heavy (non-hydrogen) atoms. The zero-order chi connectivity index (χ0) is 22.5. The third kappa shape index (κ3) is 6.59. The van der Waals surface area contributed by atoms with Gasteiger partial charge in [-0.05, 0) is 57.0 Å². The maximum atomic E-state index is 12.6. The summed E-state index contributed by atoms with van der Waals surface area (Å²) >= 11 is 0. The highest BCUT2D eigenvalue weighted by Gasteiger charge is 2.24. The molecule has 1 aromatic heterocycles. The van der Waals surface area contributed by atoms with Crippen LogP contribution in [0.2, 0.25) is 0 Å². The molecule has 0 fully saturated rings. The summed E-state index contributed by atoms with van der Waals surface area (Å²) in [4.78, 5) is 28.9. The van der Waals surface area contributed by atoms with Crippen LogP contribution >= 0.6 is 0 Å². The number of benzene rings is 1. The van der Waals surface area contributed by atoms with E-state index in [9.17, 15) is 23.5 Å². The standard InChI is InChI=1S/C22H26F2N2O4/c1-13-8-16(9-17(26-13)10-19(27)22(3,4)29)21(28)25-11-15-6-5-7-18(14(15)2)30-12-20(23)24/h5-9,20,29H,10-12H2,1-4H3,(H,25,28). The van der Waals surface area contributed by atoms with E-state index >= 15 is 0 Å². The number of pyridine rings is 1. The fourth-order valence-electron chi connectivity index (χ4n) is 2.78. The van der Waals surface area contributed by atoms with E-state index in [1.54, 1.807) is 38.1 Å². The van der Waals surface area contributed by atoms with Crippen LogP contribution in [-0.4, -0.2) is 40.4 Å². The summed E-state index contributed by atoms with van der Waals surface area (Å²) in [6.07, 6.45) is -2.66. The lowest BCUT2D eigenvalue weighted by Crippen LogP contribution is -2.33. The van der Waals surface area contributed by atoms with Crippen molar-refractivity contribution >= 4 is 11.7 Å². The number of Topliss-reactive ketones (excluding diaryl/α,β-unsaturated/α-hetero) is 1. The van der Waals surface area contributed by atoms with Gasteiger partial charge in [-0.15, -0.1) is 0 Å². The molecule has 1 amide bonds. The Balaban J connectivity index is 2.10. The molecule has 2 rings (SSSR count). The number of nitrogens with zero attached hydrogens (tertiary/aromatic N) is 1. The number of alkyl halides is 2. The quantitative estimate of drug-likeness (QED) is 0.651. The number of amides is 1. The molecule has 6 nitrogen and oxygen atoms in total. The molecule has 0 spiro atoms. The zero-order valence-corrected chi connectivity index (χ0v) is 17.5. The van der Waals surface area contributed by atoms with Crippen molar-refractivity contribution in [3.05, 3.63) is 58.4 Å². The maximum Gasteiger partial charge on any atom is 0.272 e. The van der Waals surface area contributed by atoms with Gasteiger partial charge in [-0.25, -0.2) is 8.78 Å². The average molecular weight is 420 g/mol. The van der Waals surface area contributed by atoms with Crippen LogP contribution in [0, 0.1) is 13.8 Å². The van der Waals surface area contributed by atoms with E-state index in [0.717, 1.165) is 5.56 Å². The number of ketones is 1. The van der Waals surface area contributed by atoms with E-state index in [-0.39, 0.29) is 18.9 Å². The monoisotopic (exact) mass is 420 g/mol. The molecule has 1 heterocycles. The summed E-state index contributed by atoms with van der Waals surface area (Å²) in [5, 5.41) is 12.6. The molecular formula is C22H26F2N2O4. The smallest absolute Gasteiger partial charge is 0.272 e. The van der Waals surface area contributed by atoms with Crippen molar-refractivity contribution in [3.63, 3.8) is 0 Å². The molecular weight excluding hydrogens is 394 g/mol. The summed E-state index contributed by atoms with van der Waals surface area (Å²) in [6.45, 7) is 5.73. The second-order valence-corrected chi connectivity index (χ2v) is 7.57. The number of carbonyl (C=O) groups excluding carboxylic acids is 2. The fraction of sp³-hybridized carbons (Fsp3) is 0.409. The number of hydrogen-bond donors (Lipinski definition) is 2. The van der Waals surface area contributed by atoms with E-state index in [4.69, 9.17) is 4.74 Å². The van der Waals surface area contributed by atoms with Gasteiger partial charge < -0.3 is 15.2 Å². The van der Waals surface area contributed by atoms with Gasteiger partial charge in [0, 0.05) is 23.5 Å². The first-order valence-corrected chi connectivity index (χ1v) is 9.48. The number of hydrogen-bond acceptors (Lipinski definition) is 5. The Bertz CT molecular complexity index is 924. The molecule has 8 heteroatoms. The molecule has 0 aliphatic carbocycles. The molecule has 162 valence electrons. The highest BCUT2D eigenvalue weighted by Crippen LogP contribution is 2.22. The molecule has 0 aliphatic rings. The summed E-state index contributed by atoms with van der Waals surface area (Å²) in [7, 11) is 0. The maximum absolute atomic E-state index is 12.6. The van der Waals surface area contributed by atoms with Gasteiger partial charge in [0.2, 0.25) is 0 Å². The molecule has 0 unspecified atom stereocenters. The lowest BCUT2D eigenvalue weighted by molar-refractivity contribution is -0.133. The first-order chi connectivity index (χ1) is 14.0. The summed E-state index contributed by atoms with van der Waals surface area (Å²) in [5.41, 5.74) is 1.22. The van der Waals surface area contributed by atoms with Gasteiger partial charge in [-0.1, -0.05) is 12.1 Å². The highest BCUT2D eigenvalue weighted by molar-refractivity contribution is 5.95. The van der Waals surface area contributed by atoms with E-state index in [2.05, 4.69) is 10.3 Å². The Kier molecular flexibility index (Phi) is 7.61. The van der Waals surface area contributed by atoms with Gasteiger partial charge in [-0.3, -0.25) is 14.6 Å². The lowest BCUT2D eigenvalue weighted by Gasteiger charge is -2.16. The van der Waals surface area contributed by atoms with Gasteiger partial charge in [0.1, 0.15) is 18.0 Å². The van der Waals surface area contributed by atoms with Gasteiger partial charge in [0.25, 0.3) is 12.3 Å². The van der Waals surface area contributed by atoms with Crippen molar-refractivity contribution in [3.8, 4) is 5.75 Å². The molecule has 0 atom stereocenters. The molecule has 2 N–H and O–H groups in total. The SMILES string of the molecule is Cc1cc(C(=O)NCc2cccc(OCC(F)F)c2C)cc(CC(=O)C(C)(C)O)n1. The molecule has 0 bridgehead atoms. The predicted octanol–water partition coefficient (Wildman–Crippen LogP) is 3.15. The summed E-state index contributed by atoms with van der Waals surface area (Å²) in [6, 6.07) is 8.16. The van der Waals surface area contributed by atoms with Crippen molar-refractivity contribution in [2.45, 2.75) is 52.7 Å². The molecule has 0 radical (unpaired) electrons. The number of aromatic nitrogens is 1. The largest absolute Gasteiger partial charge is 0.487 e. The van der Waals surface area contributed by atoms with Crippen LogP contribution in [0.15, 0.2) is 30.3 Å². The molecule has 0 saturated heterocycles. The minimum absolute atomic E-state index is 0.0892. The highest BCUT2D eigenvalue weighted by atomic mass is 19.3. The first kappa shape index (κ1) is 23.4. The molecule has 0 aliphatic heterocycles. The van der Waals surface area contributed by atoms with Gasteiger partial charge >= 0.3 is 0 Å². The number of nitrogens with one attached hydrogen (secondary N) is 1. The average Bonchev–Trinajstić information content (AvgIpc) is 2.64. The number of aryl methyl sites for hydroxylation is 1. The normalized spacial score (nSPS) is 11.5. The van der Waals surface area contributed by atoms with Crippen LogP contribution in [0.1, 0.15) is 46.7 Å². The van der Waals surface area contributed by atoms with Crippen LogP contribution in [0.5, 0.6) is 5.75 Å². The van der Waals surface area contributed by atoms with Crippen LogP contribution in [0.25, 0.3) is 0 Å². The van der Waals surface area contributed by atoms with E-state index in [1.807, 2.05) is 0 Å². The molecule has 0 saturated carbocycles. The van der Waals surface area contributed by atoms with E-state index in [0.29, 0.717) is 28.3 Å². The third-order valence-corrected chi connectivity index (χ3v) is 4.49. The Morgan fingerprint density at radius 2 is 1.93 bits per heavy atom. The van der Waals surface area contributed by atoms with E-state index in [1.165, 1.54) is 19.9 Å². The van der Waals surface area contributed by atoms with Crippen LogP contribution in [-0.2, 0) is 17.8 Å². The molecule has 2 aromatic rings. The zero-order valence-electron chi connectivity index (χ0n) is 17.5. The Labute approximate surface area is 174 Å². The number of ether oxygens (including phenoxy) is 1. The van der Waals surface area contributed by atoms with Crippen molar-refractivity contribution in [2.24, 2.45) is 0 Å². The molecule has 1 aromatic carbocycles. The van der Waals surface area contributed by atoms with Gasteiger partial charge in [-0.2, -0.15) is 0 Å². The fourth-order valence-corrected chi connectivity index (χ4v) is 2.78. The Morgan fingerprint density at radius 3 is 2.57 bits per heavy atom. The van der Waals surface area contributed by atoms with Crippen molar-refractivity contribution in [2.75, 3.05) is 6.61 Å². The van der Waals surface area contributed by atoms with Crippen molar-refractivity contribution in [1.82, 2.24) is 10.3 Å². The van der Waals surface area contributed by atoms with Gasteiger partial charge in [0.15, 0.2) is 5.78 Å². The Hall–Kier alpha value is -2.87. The van der Waals surface area contributed by atoms with Crippen molar-refractivity contribution < 1.29 is 28.2 Å². The summed E-state index contributed by atoms with van der Waals surface area (Å²) < 4.78 is 29.9. The Morgan fingerprint density at radius 1 is 1.23 bits per heavy atom. The predicted molar refractivity (Wildman–Crippen MR) is 108 cm³/mol. The van der Waals surface area contributed by atoms with E-state index < -0.39 is 24.4 Å². The summed E-state index contributed by atoms with van der Waals surface area (Å²) in [5.74, 6) is -0.423. The van der Waals surface area contributed by atoms with Crippen molar-refractivity contribution in [1.29, 1.82) is 0 Å². The minimum atomic E-state index is -2.57.